The second kappa shape index (κ2) is 6.53. The van der Waals surface area contributed by atoms with Crippen molar-refractivity contribution in [2.45, 2.75) is 33.7 Å². The van der Waals surface area contributed by atoms with Crippen molar-refractivity contribution in [3.63, 3.8) is 0 Å². The monoisotopic (exact) mass is 285 g/mol. The van der Waals surface area contributed by atoms with E-state index in [-0.39, 0.29) is 6.04 Å². The van der Waals surface area contributed by atoms with Crippen LogP contribution in [0.4, 0.5) is 5.69 Å². The molecule has 1 unspecified atom stereocenters. The van der Waals surface area contributed by atoms with E-state index in [1.807, 2.05) is 58.0 Å². The summed E-state index contributed by atoms with van der Waals surface area (Å²) in [6.07, 6.45) is 0. The molecule has 2 N–H and O–H groups in total. The van der Waals surface area contributed by atoms with Crippen LogP contribution in [0.2, 0.25) is 0 Å². The molecule has 3 heteroatoms. The van der Waals surface area contributed by atoms with Gasteiger partial charge in [-0.25, -0.2) is 0 Å². The molecule has 3 nitrogen and oxygen atoms in total. The van der Waals surface area contributed by atoms with Crippen molar-refractivity contribution >= 4 is 5.69 Å². The normalized spacial score (nSPS) is 12.0. The topological polar surface area (TPSA) is 41.5 Å². The number of phenols is 1. The summed E-state index contributed by atoms with van der Waals surface area (Å²) in [7, 11) is 0. The van der Waals surface area contributed by atoms with Crippen molar-refractivity contribution in [1.82, 2.24) is 0 Å². The zero-order valence-electron chi connectivity index (χ0n) is 13.1. The maximum absolute atomic E-state index is 10.1. The Morgan fingerprint density at radius 2 is 1.76 bits per heavy atom. The second-order valence-electron chi connectivity index (χ2n) is 5.36. The summed E-state index contributed by atoms with van der Waals surface area (Å²) in [5.74, 6) is 1.16. The highest BCUT2D eigenvalue weighted by Gasteiger charge is 2.13. The Balaban J connectivity index is 2.24. The summed E-state index contributed by atoms with van der Waals surface area (Å²) < 4.78 is 5.68. The smallest absolute Gasteiger partial charge is 0.142 e. The molecule has 0 aliphatic rings. The lowest BCUT2D eigenvalue weighted by atomic mass is 10.0. The zero-order valence-corrected chi connectivity index (χ0v) is 13.1. The molecule has 2 aromatic rings. The Labute approximate surface area is 126 Å². The minimum absolute atomic E-state index is 0.00693. The molecule has 1 atom stereocenters. The van der Waals surface area contributed by atoms with Crippen LogP contribution in [-0.4, -0.2) is 11.7 Å². The third kappa shape index (κ3) is 3.69. The van der Waals surface area contributed by atoms with Gasteiger partial charge in [0.2, 0.25) is 0 Å². The van der Waals surface area contributed by atoms with Crippen molar-refractivity contribution in [2.24, 2.45) is 0 Å². The lowest BCUT2D eigenvalue weighted by Gasteiger charge is -2.20. The van der Waals surface area contributed by atoms with Gasteiger partial charge in [0.1, 0.15) is 11.5 Å². The highest BCUT2D eigenvalue weighted by molar-refractivity contribution is 5.59. The van der Waals surface area contributed by atoms with Gasteiger partial charge in [0.05, 0.1) is 18.3 Å². The first-order chi connectivity index (χ1) is 10.0. The molecule has 21 heavy (non-hydrogen) atoms. The lowest BCUT2D eigenvalue weighted by Crippen LogP contribution is -2.08. The largest absolute Gasteiger partial charge is 0.508 e. The van der Waals surface area contributed by atoms with Crippen molar-refractivity contribution in [1.29, 1.82) is 0 Å². The SMILES string of the molecule is CCOc1cc(C)ccc1NC(C)c1ccc(C)cc1O. The lowest BCUT2D eigenvalue weighted by molar-refractivity contribution is 0.341. The number of nitrogens with one attached hydrogen (secondary N) is 1. The molecular weight excluding hydrogens is 262 g/mol. The molecule has 2 rings (SSSR count). The van der Waals surface area contributed by atoms with Crippen LogP contribution < -0.4 is 10.1 Å². The van der Waals surface area contributed by atoms with Crippen LogP contribution in [0.25, 0.3) is 0 Å². The maximum atomic E-state index is 10.1. The average molecular weight is 285 g/mol. The molecule has 0 saturated carbocycles. The van der Waals surface area contributed by atoms with E-state index < -0.39 is 0 Å². The molecule has 0 radical (unpaired) electrons. The number of ether oxygens (including phenoxy) is 1. The molecule has 2 aromatic carbocycles. The summed E-state index contributed by atoms with van der Waals surface area (Å²) >= 11 is 0. The Morgan fingerprint density at radius 3 is 2.43 bits per heavy atom. The van der Waals surface area contributed by atoms with E-state index in [4.69, 9.17) is 4.74 Å². The first kappa shape index (κ1) is 15.2. The first-order valence-electron chi connectivity index (χ1n) is 7.30. The fourth-order valence-electron chi connectivity index (χ4n) is 2.35. The predicted molar refractivity (Wildman–Crippen MR) is 87.2 cm³/mol. The van der Waals surface area contributed by atoms with E-state index in [2.05, 4.69) is 5.32 Å². The standard InChI is InChI=1S/C18H23NO2/c1-5-21-18-11-13(3)7-9-16(18)19-14(4)15-8-6-12(2)10-17(15)20/h6-11,14,19-20H,5H2,1-4H3. The van der Waals surface area contributed by atoms with Gasteiger partial charge in [-0.3, -0.25) is 0 Å². The Hall–Kier alpha value is -2.16. The molecule has 0 aliphatic heterocycles. The number of hydrogen-bond donors (Lipinski definition) is 2. The Morgan fingerprint density at radius 1 is 1.10 bits per heavy atom. The van der Waals surface area contributed by atoms with E-state index in [1.165, 1.54) is 0 Å². The summed E-state index contributed by atoms with van der Waals surface area (Å²) in [5.41, 5.74) is 4.03. The quantitative estimate of drug-likeness (QED) is 0.844. The van der Waals surface area contributed by atoms with Crippen molar-refractivity contribution in [3.8, 4) is 11.5 Å². The van der Waals surface area contributed by atoms with Crippen molar-refractivity contribution in [2.75, 3.05) is 11.9 Å². The van der Waals surface area contributed by atoms with Crippen LogP contribution >= 0.6 is 0 Å². The van der Waals surface area contributed by atoms with E-state index in [0.29, 0.717) is 12.4 Å². The summed E-state index contributed by atoms with van der Waals surface area (Å²) in [6.45, 7) is 8.64. The molecule has 0 saturated heterocycles. The fraction of sp³-hybridized carbons (Fsp3) is 0.333. The van der Waals surface area contributed by atoms with Crippen LogP contribution in [0, 0.1) is 13.8 Å². The van der Waals surface area contributed by atoms with Gasteiger partial charge >= 0.3 is 0 Å². The summed E-state index contributed by atoms with van der Waals surface area (Å²) in [4.78, 5) is 0. The zero-order chi connectivity index (χ0) is 15.4. The third-order valence-corrected chi connectivity index (χ3v) is 3.46. The molecule has 0 aromatic heterocycles. The van der Waals surface area contributed by atoms with Gasteiger partial charge in [-0.15, -0.1) is 0 Å². The minimum Gasteiger partial charge on any atom is -0.508 e. The number of hydrogen-bond acceptors (Lipinski definition) is 3. The Bertz CT molecular complexity index is 623. The van der Waals surface area contributed by atoms with E-state index in [1.54, 1.807) is 6.07 Å². The van der Waals surface area contributed by atoms with E-state index in [9.17, 15) is 5.11 Å². The molecule has 112 valence electrons. The predicted octanol–water partition coefficient (Wildman–Crippen LogP) is 4.58. The van der Waals surface area contributed by atoms with Gasteiger partial charge in [0, 0.05) is 5.56 Å². The van der Waals surface area contributed by atoms with Gasteiger partial charge in [-0.05, 0) is 57.0 Å². The molecule has 0 bridgehead atoms. The van der Waals surface area contributed by atoms with Crippen molar-refractivity contribution < 1.29 is 9.84 Å². The molecule has 0 aliphatic carbocycles. The number of rotatable bonds is 5. The molecule has 0 spiro atoms. The van der Waals surface area contributed by atoms with Crippen molar-refractivity contribution in [3.05, 3.63) is 53.1 Å². The highest BCUT2D eigenvalue weighted by atomic mass is 16.5. The number of benzene rings is 2. The maximum Gasteiger partial charge on any atom is 0.142 e. The summed E-state index contributed by atoms with van der Waals surface area (Å²) in [5, 5.41) is 13.5. The molecular formula is C18H23NO2. The van der Waals surface area contributed by atoms with Crippen LogP contribution in [-0.2, 0) is 0 Å². The minimum atomic E-state index is -0.00693. The number of aromatic hydroxyl groups is 1. The van der Waals surface area contributed by atoms with Gasteiger partial charge in [-0.2, -0.15) is 0 Å². The third-order valence-electron chi connectivity index (χ3n) is 3.46. The van der Waals surface area contributed by atoms with Gasteiger partial charge in [0.15, 0.2) is 0 Å². The Kier molecular flexibility index (Phi) is 4.73. The fourth-order valence-corrected chi connectivity index (χ4v) is 2.35. The van der Waals surface area contributed by atoms with Crippen LogP contribution in [0.15, 0.2) is 36.4 Å². The summed E-state index contributed by atoms with van der Waals surface area (Å²) in [6, 6.07) is 11.8. The van der Waals surface area contributed by atoms with E-state index >= 15 is 0 Å². The van der Waals surface area contributed by atoms with Crippen LogP contribution in [0.3, 0.4) is 0 Å². The average Bonchev–Trinajstić information content (AvgIpc) is 2.42. The van der Waals surface area contributed by atoms with Crippen LogP contribution in [0.1, 0.15) is 36.6 Å². The van der Waals surface area contributed by atoms with Gasteiger partial charge in [-0.1, -0.05) is 18.2 Å². The van der Waals surface area contributed by atoms with Gasteiger partial charge < -0.3 is 15.2 Å². The number of aryl methyl sites for hydroxylation is 2. The first-order valence-corrected chi connectivity index (χ1v) is 7.30. The van der Waals surface area contributed by atoms with Gasteiger partial charge in [0.25, 0.3) is 0 Å². The second-order valence-corrected chi connectivity index (χ2v) is 5.36. The highest BCUT2D eigenvalue weighted by Crippen LogP contribution is 2.32. The molecule has 0 amide bonds. The number of phenolic OH excluding ortho intramolecular Hbond substituents is 1. The van der Waals surface area contributed by atoms with E-state index in [0.717, 1.165) is 28.1 Å². The molecule has 0 heterocycles. The molecule has 0 fully saturated rings. The number of anilines is 1. The van der Waals surface area contributed by atoms with Crippen LogP contribution in [0.5, 0.6) is 11.5 Å².